The van der Waals surface area contributed by atoms with Gasteiger partial charge < -0.3 is 14.2 Å². The Morgan fingerprint density at radius 2 is 2.08 bits per heavy atom. The number of carbonyl (C=O) groups is 1. The normalized spacial score (nSPS) is 18.0. The first kappa shape index (κ1) is 16.6. The molecule has 1 aliphatic heterocycles. The van der Waals surface area contributed by atoms with Crippen LogP contribution < -0.4 is 4.74 Å². The first-order valence-electron chi connectivity index (χ1n) is 8.53. The van der Waals surface area contributed by atoms with Gasteiger partial charge in [0, 0.05) is 12.5 Å². The standard InChI is InChI=1S/C19H24N2O3/c1-13(2)18-17(14(3)20-24-18)19(22)21-11-7-10-16(12-21)23-15-8-5-4-6-9-15/h4-6,8-9,13,16H,7,10-12H2,1-3H3. The van der Waals surface area contributed by atoms with E-state index in [0.717, 1.165) is 25.1 Å². The Kier molecular flexibility index (Phi) is 4.88. The molecule has 0 aliphatic carbocycles. The van der Waals surface area contributed by atoms with Gasteiger partial charge in [0.2, 0.25) is 0 Å². The van der Waals surface area contributed by atoms with Crippen molar-refractivity contribution >= 4 is 5.91 Å². The largest absolute Gasteiger partial charge is 0.489 e. The maximum absolute atomic E-state index is 13.0. The Morgan fingerprint density at radius 1 is 1.33 bits per heavy atom. The molecule has 5 heteroatoms. The molecule has 1 unspecified atom stereocenters. The summed E-state index contributed by atoms with van der Waals surface area (Å²) in [6.07, 6.45) is 1.91. The fourth-order valence-corrected chi connectivity index (χ4v) is 3.11. The Balaban J connectivity index is 1.73. The van der Waals surface area contributed by atoms with E-state index in [1.807, 2.05) is 56.0 Å². The van der Waals surface area contributed by atoms with Crippen molar-refractivity contribution in [1.29, 1.82) is 0 Å². The van der Waals surface area contributed by atoms with E-state index in [0.29, 0.717) is 23.6 Å². The van der Waals surface area contributed by atoms with Gasteiger partial charge in [-0.05, 0) is 31.9 Å². The number of ether oxygens (including phenoxy) is 1. The quantitative estimate of drug-likeness (QED) is 0.857. The number of carbonyl (C=O) groups excluding carboxylic acids is 1. The van der Waals surface area contributed by atoms with Crippen molar-refractivity contribution in [2.45, 2.75) is 45.6 Å². The van der Waals surface area contributed by atoms with Crippen molar-refractivity contribution in [2.75, 3.05) is 13.1 Å². The van der Waals surface area contributed by atoms with Crippen molar-refractivity contribution < 1.29 is 14.1 Å². The lowest BCUT2D eigenvalue weighted by Gasteiger charge is -2.33. The van der Waals surface area contributed by atoms with E-state index in [4.69, 9.17) is 9.26 Å². The summed E-state index contributed by atoms with van der Waals surface area (Å²) in [6.45, 7) is 7.18. The number of nitrogens with zero attached hydrogens (tertiary/aromatic N) is 2. The van der Waals surface area contributed by atoms with Crippen molar-refractivity contribution in [3.63, 3.8) is 0 Å². The van der Waals surface area contributed by atoms with Crippen LogP contribution in [0.3, 0.4) is 0 Å². The number of para-hydroxylation sites is 1. The van der Waals surface area contributed by atoms with Crippen molar-refractivity contribution in [3.8, 4) is 5.75 Å². The van der Waals surface area contributed by atoms with Crippen molar-refractivity contribution in [1.82, 2.24) is 10.1 Å². The van der Waals surface area contributed by atoms with Gasteiger partial charge in [0.25, 0.3) is 5.91 Å². The number of aryl methyl sites for hydroxylation is 1. The Hall–Kier alpha value is -2.30. The van der Waals surface area contributed by atoms with Gasteiger partial charge in [0.05, 0.1) is 12.2 Å². The third kappa shape index (κ3) is 3.45. The molecule has 128 valence electrons. The van der Waals surface area contributed by atoms with E-state index in [9.17, 15) is 4.79 Å². The fraction of sp³-hybridized carbons (Fsp3) is 0.474. The van der Waals surface area contributed by atoms with Crippen LogP contribution in [0.2, 0.25) is 0 Å². The average molecular weight is 328 g/mol. The summed E-state index contributed by atoms with van der Waals surface area (Å²) in [7, 11) is 0. The van der Waals surface area contributed by atoms with Crippen LogP contribution in [0.1, 0.15) is 54.4 Å². The van der Waals surface area contributed by atoms with E-state index in [1.54, 1.807) is 0 Å². The van der Waals surface area contributed by atoms with Gasteiger partial charge in [0.1, 0.15) is 17.4 Å². The lowest BCUT2D eigenvalue weighted by Crippen LogP contribution is -2.44. The SMILES string of the molecule is Cc1noc(C(C)C)c1C(=O)N1CCCC(Oc2ccccc2)C1. The second-order valence-corrected chi connectivity index (χ2v) is 6.61. The number of benzene rings is 1. The zero-order chi connectivity index (χ0) is 17.1. The molecule has 0 saturated carbocycles. The number of hydrogen-bond acceptors (Lipinski definition) is 4. The van der Waals surface area contributed by atoms with E-state index < -0.39 is 0 Å². The molecule has 5 nitrogen and oxygen atoms in total. The smallest absolute Gasteiger partial charge is 0.259 e. The molecule has 2 aromatic rings. The first-order chi connectivity index (χ1) is 11.6. The van der Waals surface area contributed by atoms with Gasteiger partial charge in [-0.1, -0.05) is 37.2 Å². The second kappa shape index (κ2) is 7.07. The molecule has 1 amide bonds. The highest BCUT2D eigenvalue weighted by atomic mass is 16.5. The second-order valence-electron chi connectivity index (χ2n) is 6.61. The molecule has 2 heterocycles. The van der Waals surface area contributed by atoms with E-state index in [2.05, 4.69) is 5.16 Å². The zero-order valence-corrected chi connectivity index (χ0v) is 14.5. The predicted molar refractivity (Wildman–Crippen MR) is 91.3 cm³/mol. The van der Waals surface area contributed by atoms with Crippen LogP contribution in [0.4, 0.5) is 0 Å². The van der Waals surface area contributed by atoms with Gasteiger partial charge in [-0.2, -0.15) is 0 Å². The van der Waals surface area contributed by atoms with E-state index in [1.165, 1.54) is 0 Å². The van der Waals surface area contributed by atoms with Crippen LogP contribution in [0.25, 0.3) is 0 Å². The zero-order valence-electron chi connectivity index (χ0n) is 14.5. The van der Waals surface area contributed by atoms with Crippen molar-refractivity contribution in [2.24, 2.45) is 0 Å². The minimum absolute atomic E-state index is 0.00110. The first-order valence-corrected chi connectivity index (χ1v) is 8.53. The number of amides is 1. The highest BCUT2D eigenvalue weighted by molar-refractivity contribution is 5.96. The van der Waals surface area contributed by atoms with E-state index in [-0.39, 0.29) is 17.9 Å². The molecule has 3 rings (SSSR count). The topological polar surface area (TPSA) is 55.6 Å². The fourth-order valence-electron chi connectivity index (χ4n) is 3.11. The molecule has 1 saturated heterocycles. The van der Waals surface area contributed by atoms with E-state index >= 15 is 0 Å². The van der Waals surface area contributed by atoms with Crippen LogP contribution in [0.5, 0.6) is 5.75 Å². The maximum atomic E-state index is 13.0. The highest BCUT2D eigenvalue weighted by Crippen LogP contribution is 2.26. The molecule has 1 aromatic carbocycles. The predicted octanol–water partition coefficient (Wildman–Crippen LogP) is 3.79. The molecule has 1 fully saturated rings. The number of rotatable bonds is 4. The molecular formula is C19H24N2O3. The van der Waals surface area contributed by atoms with Crippen LogP contribution >= 0.6 is 0 Å². The van der Waals surface area contributed by atoms with Gasteiger partial charge in [0.15, 0.2) is 5.76 Å². The monoisotopic (exact) mass is 328 g/mol. The molecule has 0 radical (unpaired) electrons. The number of likely N-dealkylation sites (tertiary alicyclic amines) is 1. The summed E-state index contributed by atoms with van der Waals surface area (Å²) < 4.78 is 11.4. The summed E-state index contributed by atoms with van der Waals surface area (Å²) in [6, 6.07) is 9.77. The van der Waals surface area contributed by atoms with Gasteiger partial charge in [-0.15, -0.1) is 0 Å². The summed E-state index contributed by atoms with van der Waals surface area (Å²) in [5.41, 5.74) is 1.28. The minimum atomic E-state index is -0.00110. The van der Waals surface area contributed by atoms with Crippen LogP contribution in [-0.2, 0) is 0 Å². The average Bonchev–Trinajstić information content (AvgIpc) is 2.97. The van der Waals surface area contributed by atoms with Crippen molar-refractivity contribution in [3.05, 3.63) is 47.3 Å². The lowest BCUT2D eigenvalue weighted by atomic mass is 10.0. The third-order valence-corrected chi connectivity index (χ3v) is 4.34. The molecule has 1 aliphatic rings. The number of piperidine rings is 1. The highest BCUT2D eigenvalue weighted by Gasteiger charge is 2.30. The summed E-state index contributed by atoms with van der Waals surface area (Å²) in [5.74, 6) is 1.65. The van der Waals surface area contributed by atoms with Crippen LogP contribution in [0.15, 0.2) is 34.9 Å². The molecule has 1 atom stereocenters. The maximum Gasteiger partial charge on any atom is 0.259 e. The summed E-state index contributed by atoms with van der Waals surface area (Å²) in [5, 5.41) is 3.99. The number of hydrogen-bond donors (Lipinski definition) is 0. The van der Waals surface area contributed by atoms with Crippen LogP contribution in [-0.4, -0.2) is 35.2 Å². The molecule has 0 bridgehead atoms. The lowest BCUT2D eigenvalue weighted by molar-refractivity contribution is 0.0535. The third-order valence-electron chi connectivity index (χ3n) is 4.34. The molecule has 0 spiro atoms. The summed E-state index contributed by atoms with van der Waals surface area (Å²) in [4.78, 5) is 14.8. The Morgan fingerprint density at radius 3 is 2.79 bits per heavy atom. The summed E-state index contributed by atoms with van der Waals surface area (Å²) >= 11 is 0. The Bertz CT molecular complexity index is 694. The molecule has 24 heavy (non-hydrogen) atoms. The molecule has 0 N–H and O–H groups in total. The molecule has 1 aromatic heterocycles. The minimum Gasteiger partial charge on any atom is -0.489 e. The Labute approximate surface area is 142 Å². The molecular weight excluding hydrogens is 304 g/mol. The van der Waals surface area contributed by atoms with Crippen LogP contribution in [0, 0.1) is 6.92 Å². The van der Waals surface area contributed by atoms with Gasteiger partial charge >= 0.3 is 0 Å². The van der Waals surface area contributed by atoms with Gasteiger partial charge in [-0.3, -0.25) is 4.79 Å². The number of aromatic nitrogens is 1. The van der Waals surface area contributed by atoms with Gasteiger partial charge in [-0.25, -0.2) is 0 Å².